The average molecular weight is 380 g/mol. The first-order valence-electron chi connectivity index (χ1n) is 7.94. The third-order valence-electron chi connectivity index (χ3n) is 3.90. The van der Waals surface area contributed by atoms with Crippen molar-refractivity contribution in [1.82, 2.24) is 9.91 Å². The van der Waals surface area contributed by atoms with Gasteiger partial charge in [0.1, 0.15) is 0 Å². The van der Waals surface area contributed by atoms with E-state index < -0.39 is 17.9 Å². The van der Waals surface area contributed by atoms with Gasteiger partial charge in [-0.05, 0) is 24.3 Å². The van der Waals surface area contributed by atoms with E-state index in [4.69, 9.17) is 5.73 Å². The zero-order valence-corrected chi connectivity index (χ0v) is 14.8. The summed E-state index contributed by atoms with van der Waals surface area (Å²) in [6.45, 7) is -0.0880. The number of carboxylic acids is 1. The number of anilines is 2. The largest absolute Gasteiger partial charge is 0.480 e. The fraction of sp³-hybridized carbons (Fsp3) is 0.375. The van der Waals surface area contributed by atoms with Crippen LogP contribution in [0.2, 0.25) is 0 Å². The maximum atomic E-state index is 12.6. The van der Waals surface area contributed by atoms with E-state index in [1.807, 2.05) is 0 Å². The van der Waals surface area contributed by atoms with Crippen molar-refractivity contribution in [3.05, 3.63) is 24.3 Å². The molecule has 1 aromatic rings. The number of hydrogen-bond acceptors (Lipinski definition) is 7. The monoisotopic (exact) mass is 380 g/mol. The molecule has 1 aliphatic rings. The Bertz CT molecular complexity index is 693. The van der Waals surface area contributed by atoms with Crippen molar-refractivity contribution < 1.29 is 24.3 Å². The molecule has 1 saturated heterocycles. The molecule has 0 aliphatic carbocycles. The van der Waals surface area contributed by atoms with Crippen molar-refractivity contribution >= 4 is 47.7 Å². The Hall–Kier alpha value is -2.75. The van der Waals surface area contributed by atoms with Crippen LogP contribution in [0.3, 0.4) is 0 Å². The van der Waals surface area contributed by atoms with Crippen LogP contribution in [0, 0.1) is 0 Å². The first-order valence-corrected chi connectivity index (χ1v) is 8.58. The molecule has 9 nitrogen and oxygen atoms in total. The molecule has 0 unspecified atom stereocenters. The summed E-state index contributed by atoms with van der Waals surface area (Å²) < 4.78 is 0. The van der Waals surface area contributed by atoms with Gasteiger partial charge in [-0.3, -0.25) is 24.7 Å². The molecule has 1 aromatic carbocycles. The zero-order chi connectivity index (χ0) is 19.3. The zero-order valence-electron chi connectivity index (χ0n) is 13.9. The predicted molar refractivity (Wildman–Crippen MR) is 97.2 cm³/mol. The van der Waals surface area contributed by atoms with E-state index in [-0.39, 0.29) is 43.4 Å². The molecular formula is C16H20N4O5S. The summed E-state index contributed by atoms with van der Waals surface area (Å²) in [5.41, 5.74) is 9.34. The van der Waals surface area contributed by atoms with Crippen LogP contribution in [0.25, 0.3) is 0 Å². The number of nitrogens with two attached hydrogens (primary N) is 1. The summed E-state index contributed by atoms with van der Waals surface area (Å²) in [6.07, 6.45) is 0.0701. The molecule has 1 fully saturated rings. The molecule has 0 spiro atoms. The highest BCUT2D eigenvalue weighted by molar-refractivity contribution is 7.80. The molecule has 10 heteroatoms. The van der Waals surface area contributed by atoms with Gasteiger partial charge in [0, 0.05) is 37.2 Å². The normalized spacial score (nSPS) is 15.0. The SMILES string of the molecule is Nc1ccc(NN(C(=O)CCN2C(=O)CCC2=O)[C@@H](CS)C(=O)O)cc1. The molecule has 4 N–H and O–H groups in total. The fourth-order valence-corrected chi connectivity index (χ4v) is 2.80. The lowest BCUT2D eigenvalue weighted by atomic mass is 10.2. The first-order chi connectivity index (χ1) is 12.3. The number of nitrogens with one attached hydrogen (secondary N) is 1. The van der Waals surface area contributed by atoms with Crippen LogP contribution >= 0.6 is 12.6 Å². The number of carbonyl (C=O) groups excluding carboxylic acids is 3. The average Bonchev–Trinajstić information content (AvgIpc) is 2.92. The number of carbonyl (C=O) groups is 4. The van der Waals surface area contributed by atoms with E-state index in [1.165, 1.54) is 0 Å². The number of carboxylic acid groups (broad SMARTS) is 1. The van der Waals surface area contributed by atoms with E-state index in [0.29, 0.717) is 11.4 Å². The second-order valence-electron chi connectivity index (χ2n) is 5.72. The number of benzene rings is 1. The van der Waals surface area contributed by atoms with Crippen LogP contribution in [0.15, 0.2) is 24.3 Å². The summed E-state index contributed by atoms with van der Waals surface area (Å²) in [7, 11) is 0. The Labute approximate surface area is 155 Å². The number of nitrogen functional groups attached to an aromatic ring is 1. The molecule has 26 heavy (non-hydrogen) atoms. The highest BCUT2D eigenvalue weighted by Gasteiger charge is 2.32. The minimum absolute atomic E-state index is 0.0880. The molecule has 0 saturated carbocycles. The van der Waals surface area contributed by atoms with E-state index >= 15 is 0 Å². The third-order valence-corrected chi connectivity index (χ3v) is 4.25. The second-order valence-corrected chi connectivity index (χ2v) is 6.09. The smallest absolute Gasteiger partial charge is 0.329 e. The standard InChI is InChI=1S/C16H20N4O5S/c17-10-1-3-11(4-2-10)18-20(12(9-26)16(24)25)15(23)7-8-19-13(21)5-6-14(19)22/h1-4,12,18,26H,5-9,17H2,(H,24,25)/t12-/m0/s1. The number of imide groups is 1. The lowest BCUT2D eigenvalue weighted by molar-refractivity contribution is -0.148. The van der Waals surface area contributed by atoms with E-state index in [1.54, 1.807) is 24.3 Å². The van der Waals surface area contributed by atoms with Gasteiger partial charge in [-0.1, -0.05) is 0 Å². The Morgan fingerprint density at radius 3 is 2.31 bits per heavy atom. The van der Waals surface area contributed by atoms with Gasteiger partial charge in [0.2, 0.25) is 17.7 Å². The Balaban J connectivity index is 2.12. The number of hydrogen-bond donors (Lipinski definition) is 4. The third kappa shape index (κ3) is 4.66. The van der Waals surface area contributed by atoms with Crippen molar-refractivity contribution in [2.24, 2.45) is 0 Å². The van der Waals surface area contributed by atoms with Crippen LogP contribution in [-0.4, -0.2) is 57.0 Å². The van der Waals surface area contributed by atoms with E-state index in [2.05, 4.69) is 18.1 Å². The lowest BCUT2D eigenvalue weighted by Crippen LogP contribution is -2.50. The molecule has 1 atom stereocenters. The molecule has 0 aromatic heterocycles. The number of amides is 3. The number of rotatable bonds is 8. The van der Waals surface area contributed by atoms with Gasteiger partial charge in [0.15, 0.2) is 6.04 Å². The van der Waals surface area contributed by atoms with E-state index in [9.17, 15) is 24.3 Å². The van der Waals surface area contributed by atoms with Crippen molar-refractivity contribution in [2.45, 2.75) is 25.3 Å². The number of hydrazine groups is 1. The van der Waals surface area contributed by atoms with Gasteiger partial charge in [-0.25, -0.2) is 9.80 Å². The van der Waals surface area contributed by atoms with Crippen molar-refractivity contribution in [2.75, 3.05) is 23.5 Å². The maximum absolute atomic E-state index is 12.6. The summed E-state index contributed by atoms with van der Waals surface area (Å²) in [5, 5.41) is 10.3. The predicted octanol–water partition coefficient (Wildman–Crippen LogP) is 0.346. The van der Waals surface area contributed by atoms with Crippen LogP contribution < -0.4 is 11.2 Å². The summed E-state index contributed by atoms with van der Waals surface area (Å²) >= 11 is 4.00. The molecule has 1 aliphatic heterocycles. The summed E-state index contributed by atoms with van der Waals surface area (Å²) in [6, 6.07) is 5.17. The van der Waals surface area contributed by atoms with Gasteiger partial charge in [0.25, 0.3) is 0 Å². The molecule has 3 amide bonds. The number of nitrogens with zero attached hydrogens (tertiary/aromatic N) is 2. The Morgan fingerprint density at radius 2 is 1.81 bits per heavy atom. The highest BCUT2D eigenvalue weighted by atomic mass is 32.1. The lowest BCUT2D eigenvalue weighted by Gasteiger charge is -2.29. The van der Waals surface area contributed by atoms with Crippen molar-refractivity contribution in [3.8, 4) is 0 Å². The van der Waals surface area contributed by atoms with Crippen LogP contribution in [0.5, 0.6) is 0 Å². The first kappa shape index (κ1) is 19.6. The highest BCUT2D eigenvalue weighted by Crippen LogP contribution is 2.16. The van der Waals surface area contributed by atoms with E-state index in [0.717, 1.165) is 9.91 Å². The van der Waals surface area contributed by atoms with Gasteiger partial charge in [-0.15, -0.1) is 0 Å². The molecule has 2 rings (SSSR count). The van der Waals surface area contributed by atoms with Crippen molar-refractivity contribution in [1.29, 1.82) is 0 Å². The summed E-state index contributed by atoms with van der Waals surface area (Å²) in [4.78, 5) is 48.3. The van der Waals surface area contributed by atoms with Crippen LogP contribution in [0.1, 0.15) is 19.3 Å². The fourth-order valence-electron chi connectivity index (χ4n) is 2.48. The Morgan fingerprint density at radius 1 is 1.23 bits per heavy atom. The molecule has 0 radical (unpaired) electrons. The molecule has 1 heterocycles. The maximum Gasteiger partial charge on any atom is 0.329 e. The van der Waals surface area contributed by atoms with Gasteiger partial charge in [0.05, 0.1) is 5.69 Å². The number of aliphatic carboxylic acids is 1. The van der Waals surface area contributed by atoms with Crippen LogP contribution in [0.4, 0.5) is 11.4 Å². The Kier molecular flexibility index (Phi) is 6.45. The number of likely N-dealkylation sites (tertiary alicyclic amines) is 1. The second kappa shape index (κ2) is 8.56. The van der Waals surface area contributed by atoms with Gasteiger partial charge < -0.3 is 10.8 Å². The molecular weight excluding hydrogens is 360 g/mol. The number of thiol groups is 1. The quantitative estimate of drug-likeness (QED) is 0.221. The minimum Gasteiger partial charge on any atom is -0.480 e. The summed E-state index contributed by atoms with van der Waals surface area (Å²) in [5.74, 6) is -2.58. The van der Waals surface area contributed by atoms with Gasteiger partial charge in [-0.2, -0.15) is 12.6 Å². The topological polar surface area (TPSA) is 133 Å². The molecule has 0 bridgehead atoms. The molecule has 140 valence electrons. The van der Waals surface area contributed by atoms with Crippen molar-refractivity contribution in [3.63, 3.8) is 0 Å². The minimum atomic E-state index is -1.23. The van der Waals surface area contributed by atoms with Crippen LogP contribution in [-0.2, 0) is 19.2 Å². The van der Waals surface area contributed by atoms with Gasteiger partial charge >= 0.3 is 5.97 Å².